The summed E-state index contributed by atoms with van der Waals surface area (Å²) < 4.78 is 4.92. The molecule has 2 heteroatoms. The third-order valence-corrected chi connectivity index (χ3v) is 2.74. The minimum Gasteiger partial charge on any atom is -0.431 e. The van der Waals surface area contributed by atoms with Crippen molar-refractivity contribution in [1.82, 2.24) is 0 Å². The highest BCUT2D eigenvalue weighted by atomic mass is 16.5. The van der Waals surface area contributed by atoms with Crippen molar-refractivity contribution in [2.75, 3.05) is 0 Å². The fourth-order valence-electron chi connectivity index (χ4n) is 2.00. The molecule has 0 saturated heterocycles. The van der Waals surface area contributed by atoms with Crippen LogP contribution in [0.3, 0.4) is 0 Å². The molecule has 0 saturated carbocycles. The third-order valence-electron chi connectivity index (χ3n) is 2.74. The van der Waals surface area contributed by atoms with Gasteiger partial charge in [0.1, 0.15) is 0 Å². The van der Waals surface area contributed by atoms with Gasteiger partial charge in [-0.3, -0.25) is 0 Å². The Morgan fingerprint density at radius 1 is 1.50 bits per heavy atom. The lowest BCUT2D eigenvalue weighted by atomic mass is 9.92. The number of esters is 1. The number of cyclic esters (lactones) is 1. The zero-order valence-corrected chi connectivity index (χ0v) is 7.39. The van der Waals surface area contributed by atoms with Crippen LogP contribution in [0, 0.1) is 5.92 Å². The molecule has 2 aliphatic rings. The van der Waals surface area contributed by atoms with Gasteiger partial charge in [0.05, 0.1) is 6.26 Å². The van der Waals surface area contributed by atoms with E-state index in [-0.39, 0.29) is 5.97 Å². The van der Waals surface area contributed by atoms with Crippen molar-refractivity contribution in [3.05, 3.63) is 23.0 Å². The Morgan fingerprint density at radius 2 is 2.25 bits per heavy atom. The largest absolute Gasteiger partial charge is 0.431 e. The topological polar surface area (TPSA) is 26.3 Å². The first-order valence-electron chi connectivity index (χ1n) is 4.27. The summed E-state index contributed by atoms with van der Waals surface area (Å²) in [5.41, 5.74) is 3.30. The Kier molecular flexibility index (Phi) is 1.56. The van der Waals surface area contributed by atoms with E-state index in [1.54, 1.807) is 6.26 Å². The molecule has 12 heavy (non-hydrogen) atoms. The van der Waals surface area contributed by atoms with Gasteiger partial charge in [0, 0.05) is 11.5 Å². The Balaban J connectivity index is 2.46. The van der Waals surface area contributed by atoms with E-state index in [9.17, 15) is 4.79 Å². The average molecular weight is 164 g/mol. The van der Waals surface area contributed by atoms with Crippen LogP contribution >= 0.6 is 0 Å². The minimum atomic E-state index is -0.138. The molecule has 1 unspecified atom stereocenters. The van der Waals surface area contributed by atoms with Gasteiger partial charge < -0.3 is 4.74 Å². The van der Waals surface area contributed by atoms with Gasteiger partial charge in [-0.2, -0.15) is 0 Å². The van der Waals surface area contributed by atoms with Crippen molar-refractivity contribution >= 4 is 5.97 Å². The van der Waals surface area contributed by atoms with Crippen LogP contribution < -0.4 is 0 Å². The second kappa shape index (κ2) is 2.47. The first kappa shape index (κ1) is 7.59. The number of carbonyl (C=O) groups is 1. The molecule has 0 aromatic carbocycles. The van der Waals surface area contributed by atoms with Gasteiger partial charge in [0.25, 0.3) is 0 Å². The molecule has 1 aliphatic carbocycles. The number of hydrogen-bond acceptors (Lipinski definition) is 2. The van der Waals surface area contributed by atoms with Gasteiger partial charge in [-0.15, -0.1) is 0 Å². The number of fused-ring (bicyclic) bond motifs is 1. The summed E-state index contributed by atoms with van der Waals surface area (Å²) in [4.78, 5) is 11.3. The standard InChI is InChI=1S/C10H12O2/c1-6-3-4-8-7(2)5-12-10(11)9(6)8/h5,8H,3-4H2,1-2H3. The maximum Gasteiger partial charge on any atom is 0.339 e. The summed E-state index contributed by atoms with van der Waals surface area (Å²) in [5.74, 6) is 0.215. The highest BCUT2D eigenvalue weighted by Gasteiger charge is 2.33. The molecule has 0 spiro atoms. The number of hydrogen-bond donors (Lipinski definition) is 0. The average Bonchev–Trinajstić information content (AvgIpc) is 2.42. The summed E-state index contributed by atoms with van der Waals surface area (Å²) in [5, 5.41) is 0. The molecule has 2 rings (SSSR count). The van der Waals surface area contributed by atoms with Crippen LogP contribution in [0.1, 0.15) is 26.7 Å². The zero-order chi connectivity index (χ0) is 8.72. The lowest BCUT2D eigenvalue weighted by Gasteiger charge is -2.19. The van der Waals surface area contributed by atoms with E-state index in [2.05, 4.69) is 0 Å². The second-order valence-corrected chi connectivity index (χ2v) is 3.55. The molecular formula is C10H12O2. The number of rotatable bonds is 0. The SMILES string of the molecule is CC1=COC(=O)C2=C(C)CCC12. The highest BCUT2D eigenvalue weighted by Crippen LogP contribution is 2.39. The quantitative estimate of drug-likeness (QED) is 0.513. The molecule has 0 aromatic rings. The van der Waals surface area contributed by atoms with Crippen LogP contribution in [0.15, 0.2) is 23.0 Å². The second-order valence-electron chi connectivity index (χ2n) is 3.55. The predicted octanol–water partition coefficient (Wildman–Crippen LogP) is 2.17. The monoisotopic (exact) mass is 164 g/mol. The van der Waals surface area contributed by atoms with Crippen LogP contribution in [0.2, 0.25) is 0 Å². The molecular weight excluding hydrogens is 152 g/mol. The molecule has 0 N–H and O–H groups in total. The molecule has 0 bridgehead atoms. The van der Waals surface area contributed by atoms with E-state index < -0.39 is 0 Å². The minimum absolute atomic E-state index is 0.138. The molecule has 1 aliphatic heterocycles. The van der Waals surface area contributed by atoms with Crippen molar-refractivity contribution in [3.8, 4) is 0 Å². The molecule has 2 nitrogen and oxygen atoms in total. The van der Waals surface area contributed by atoms with Gasteiger partial charge in [0.2, 0.25) is 0 Å². The number of carbonyl (C=O) groups excluding carboxylic acids is 1. The fraction of sp³-hybridized carbons (Fsp3) is 0.500. The van der Waals surface area contributed by atoms with Gasteiger partial charge in [0.15, 0.2) is 0 Å². The first-order chi connectivity index (χ1) is 5.70. The lowest BCUT2D eigenvalue weighted by Crippen LogP contribution is -2.17. The van der Waals surface area contributed by atoms with Crippen LogP contribution in [0.5, 0.6) is 0 Å². The van der Waals surface area contributed by atoms with Gasteiger partial charge in [-0.25, -0.2) is 4.79 Å². The molecule has 0 amide bonds. The van der Waals surface area contributed by atoms with E-state index in [4.69, 9.17) is 4.74 Å². The molecule has 1 atom stereocenters. The van der Waals surface area contributed by atoms with Crippen molar-refractivity contribution in [2.45, 2.75) is 26.7 Å². The van der Waals surface area contributed by atoms with Crippen molar-refractivity contribution in [1.29, 1.82) is 0 Å². The predicted molar refractivity (Wildman–Crippen MR) is 45.3 cm³/mol. The van der Waals surface area contributed by atoms with Crippen LogP contribution in [-0.2, 0) is 9.53 Å². The molecule has 0 fully saturated rings. The van der Waals surface area contributed by atoms with Gasteiger partial charge >= 0.3 is 5.97 Å². The molecule has 0 radical (unpaired) electrons. The molecule has 0 aromatic heterocycles. The van der Waals surface area contributed by atoms with Gasteiger partial charge in [-0.05, 0) is 32.3 Å². The van der Waals surface area contributed by atoms with Crippen LogP contribution in [0.4, 0.5) is 0 Å². The van der Waals surface area contributed by atoms with Crippen molar-refractivity contribution < 1.29 is 9.53 Å². The maximum absolute atomic E-state index is 11.3. The first-order valence-corrected chi connectivity index (χ1v) is 4.27. The number of allylic oxidation sites excluding steroid dienone is 2. The molecule has 1 heterocycles. The van der Waals surface area contributed by atoms with E-state index in [0.717, 1.165) is 18.4 Å². The summed E-state index contributed by atoms with van der Waals surface area (Å²) in [6, 6.07) is 0. The smallest absolute Gasteiger partial charge is 0.339 e. The fourth-order valence-corrected chi connectivity index (χ4v) is 2.00. The Morgan fingerprint density at radius 3 is 2.92 bits per heavy atom. The number of ether oxygens (including phenoxy) is 1. The van der Waals surface area contributed by atoms with Gasteiger partial charge in [-0.1, -0.05) is 5.57 Å². The normalized spacial score (nSPS) is 28.3. The summed E-state index contributed by atoms with van der Waals surface area (Å²) in [6.45, 7) is 4.05. The Bertz CT molecular complexity index is 297. The van der Waals surface area contributed by atoms with Crippen molar-refractivity contribution in [2.24, 2.45) is 5.92 Å². The summed E-state index contributed by atoms with van der Waals surface area (Å²) in [6.07, 6.45) is 3.72. The maximum atomic E-state index is 11.3. The van der Waals surface area contributed by atoms with E-state index in [1.807, 2.05) is 13.8 Å². The van der Waals surface area contributed by atoms with Crippen LogP contribution in [-0.4, -0.2) is 5.97 Å². The van der Waals surface area contributed by atoms with E-state index in [0.29, 0.717) is 5.92 Å². The highest BCUT2D eigenvalue weighted by molar-refractivity contribution is 5.92. The summed E-state index contributed by atoms with van der Waals surface area (Å²) >= 11 is 0. The molecule has 64 valence electrons. The van der Waals surface area contributed by atoms with Crippen LogP contribution in [0.25, 0.3) is 0 Å². The third kappa shape index (κ3) is 0.909. The summed E-state index contributed by atoms with van der Waals surface area (Å²) in [7, 11) is 0. The van der Waals surface area contributed by atoms with Crippen molar-refractivity contribution in [3.63, 3.8) is 0 Å². The Labute approximate surface area is 71.9 Å². The van der Waals surface area contributed by atoms with E-state index in [1.165, 1.54) is 11.1 Å². The lowest BCUT2D eigenvalue weighted by molar-refractivity contribution is -0.135. The van der Waals surface area contributed by atoms with E-state index >= 15 is 0 Å². The Hall–Kier alpha value is -1.05. The zero-order valence-electron chi connectivity index (χ0n) is 7.39.